The Labute approximate surface area is 62.5 Å². The largest absolute Gasteiger partial charge is 0.315 e. The van der Waals surface area contributed by atoms with E-state index >= 15 is 0 Å². The van der Waals surface area contributed by atoms with E-state index in [4.69, 9.17) is 5.73 Å². The van der Waals surface area contributed by atoms with Crippen LogP contribution in [-0.2, 0) is 0 Å². The van der Waals surface area contributed by atoms with Crippen LogP contribution < -0.4 is 11.2 Å². The summed E-state index contributed by atoms with van der Waals surface area (Å²) in [5.74, 6) is 0. The maximum Gasteiger partial charge on any atom is 0.0707 e. The molecule has 3 heteroatoms. The number of hydrogen-bond donors (Lipinski definition) is 2. The van der Waals surface area contributed by atoms with Crippen LogP contribution in [0.4, 0.5) is 0 Å². The molecule has 0 aliphatic carbocycles. The van der Waals surface area contributed by atoms with Gasteiger partial charge in [-0.05, 0) is 12.8 Å². The quantitative estimate of drug-likeness (QED) is 0.596. The van der Waals surface area contributed by atoms with E-state index in [9.17, 15) is 0 Å². The Morgan fingerprint density at radius 3 is 3.00 bits per heavy atom. The van der Waals surface area contributed by atoms with E-state index in [0.29, 0.717) is 0 Å². The Balaban J connectivity index is 2.18. The van der Waals surface area contributed by atoms with E-state index in [-0.39, 0.29) is 6.17 Å². The van der Waals surface area contributed by atoms with Crippen LogP contribution in [0.2, 0.25) is 0 Å². The Morgan fingerprint density at radius 2 is 2.50 bits per heavy atom. The molecule has 10 heavy (non-hydrogen) atoms. The Kier molecular flexibility index (Phi) is 3.12. The third kappa shape index (κ3) is 1.94. The number of hydrazine groups is 1. The van der Waals surface area contributed by atoms with E-state index < -0.39 is 0 Å². The first kappa shape index (κ1) is 7.98. The summed E-state index contributed by atoms with van der Waals surface area (Å²) >= 11 is 0. The molecule has 60 valence electrons. The number of nitrogens with two attached hydrogens (primary N) is 1. The summed E-state index contributed by atoms with van der Waals surface area (Å²) in [5.41, 5.74) is 9.10. The van der Waals surface area contributed by atoms with Crippen LogP contribution in [-0.4, -0.2) is 24.3 Å². The highest BCUT2D eigenvalue weighted by atomic mass is 15.6. The molecule has 0 saturated carbocycles. The van der Waals surface area contributed by atoms with E-state index in [0.717, 1.165) is 19.5 Å². The normalized spacial score (nSPS) is 23.4. The third-order valence-electron chi connectivity index (χ3n) is 1.88. The monoisotopic (exact) mass is 143 g/mol. The lowest BCUT2D eigenvalue weighted by atomic mass is 10.3. The molecule has 1 aliphatic heterocycles. The fraction of sp³-hybridized carbons (Fsp3) is 1.00. The van der Waals surface area contributed by atoms with Gasteiger partial charge < -0.3 is 5.73 Å². The molecule has 3 nitrogen and oxygen atoms in total. The number of nitrogens with zero attached hydrogens (tertiary/aromatic N) is 1. The predicted molar refractivity (Wildman–Crippen MR) is 42.2 cm³/mol. The van der Waals surface area contributed by atoms with Gasteiger partial charge in [-0.3, -0.25) is 5.43 Å². The zero-order chi connectivity index (χ0) is 7.40. The minimum Gasteiger partial charge on any atom is -0.315 e. The topological polar surface area (TPSA) is 41.3 Å². The maximum absolute atomic E-state index is 5.85. The molecule has 0 aromatic carbocycles. The van der Waals surface area contributed by atoms with Crippen molar-refractivity contribution in [3.05, 3.63) is 0 Å². The molecule has 0 spiro atoms. The second-order valence-corrected chi connectivity index (χ2v) is 2.81. The van der Waals surface area contributed by atoms with Crippen molar-refractivity contribution in [2.75, 3.05) is 13.1 Å². The molecule has 0 aromatic rings. The van der Waals surface area contributed by atoms with Crippen molar-refractivity contribution >= 4 is 0 Å². The van der Waals surface area contributed by atoms with Crippen molar-refractivity contribution in [1.82, 2.24) is 10.4 Å². The molecule has 0 amide bonds. The van der Waals surface area contributed by atoms with Gasteiger partial charge in [0.15, 0.2) is 0 Å². The first-order valence-corrected chi connectivity index (χ1v) is 4.10. The molecule has 1 saturated heterocycles. The second-order valence-electron chi connectivity index (χ2n) is 2.81. The summed E-state index contributed by atoms with van der Waals surface area (Å²) in [4.78, 5) is 0. The van der Waals surface area contributed by atoms with Crippen LogP contribution in [0.3, 0.4) is 0 Å². The molecular formula is C7H17N3. The Hall–Kier alpha value is -0.120. The van der Waals surface area contributed by atoms with Crippen molar-refractivity contribution in [3.8, 4) is 0 Å². The summed E-state index contributed by atoms with van der Waals surface area (Å²) < 4.78 is 0. The van der Waals surface area contributed by atoms with Crippen LogP contribution in [0.25, 0.3) is 0 Å². The zero-order valence-corrected chi connectivity index (χ0v) is 6.64. The lowest BCUT2D eigenvalue weighted by molar-refractivity contribution is 0.169. The number of nitrogens with one attached hydrogen (secondary N) is 1. The van der Waals surface area contributed by atoms with Crippen LogP contribution in [0.1, 0.15) is 26.2 Å². The van der Waals surface area contributed by atoms with Gasteiger partial charge in [-0.2, -0.15) is 0 Å². The van der Waals surface area contributed by atoms with Crippen molar-refractivity contribution in [1.29, 1.82) is 0 Å². The van der Waals surface area contributed by atoms with Gasteiger partial charge in [-0.1, -0.05) is 13.3 Å². The summed E-state index contributed by atoms with van der Waals surface area (Å²) in [6.45, 7) is 4.37. The van der Waals surface area contributed by atoms with E-state index in [1.807, 2.05) is 0 Å². The summed E-state index contributed by atoms with van der Waals surface area (Å²) in [5, 5.41) is 2.14. The molecule has 0 radical (unpaired) electrons. The van der Waals surface area contributed by atoms with Crippen molar-refractivity contribution < 1.29 is 0 Å². The fourth-order valence-corrected chi connectivity index (χ4v) is 1.29. The van der Waals surface area contributed by atoms with Crippen molar-refractivity contribution in [3.63, 3.8) is 0 Å². The van der Waals surface area contributed by atoms with Gasteiger partial charge in [0.1, 0.15) is 0 Å². The van der Waals surface area contributed by atoms with Crippen LogP contribution in [0.5, 0.6) is 0 Å². The van der Waals surface area contributed by atoms with Gasteiger partial charge >= 0.3 is 0 Å². The molecule has 0 aromatic heterocycles. The molecule has 1 atom stereocenters. The summed E-state index contributed by atoms with van der Waals surface area (Å²) in [6.07, 6.45) is 3.72. The first-order chi connectivity index (χ1) is 4.84. The van der Waals surface area contributed by atoms with Crippen molar-refractivity contribution in [2.24, 2.45) is 5.73 Å². The molecule has 0 bridgehead atoms. The lowest BCUT2D eigenvalue weighted by Crippen LogP contribution is -2.45. The summed E-state index contributed by atoms with van der Waals surface area (Å²) in [7, 11) is 0. The average molecular weight is 143 g/mol. The van der Waals surface area contributed by atoms with Gasteiger partial charge in [0.2, 0.25) is 0 Å². The molecular weight excluding hydrogens is 126 g/mol. The first-order valence-electron chi connectivity index (χ1n) is 4.10. The minimum absolute atomic E-state index is 0.229. The molecule has 3 N–H and O–H groups in total. The predicted octanol–water partition coefficient (Wildman–Crippen LogP) is 0.282. The van der Waals surface area contributed by atoms with Gasteiger partial charge in [-0.25, -0.2) is 5.01 Å². The van der Waals surface area contributed by atoms with Crippen LogP contribution in [0.15, 0.2) is 0 Å². The highest BCUT2D eigenvalue weighted by Gasteiger charge is 2.16. The second kappa shape index (κ2) is 3.91. The highest BCUT2D eigenvalue weighted by molar-refractivity contribution is 4.67. The summed E-state index contributed by atoms with van der Waals surface area (Å²) in [6, 6.07) is 0. The van der Waals surface area contributed by atoms with Gasteiger partial charge in [0.25, 0.3) is 0 Å². The van der Waals surface area contributed by atoms with Gasteiger partial charge in [0.05, 0.1) is 6.17 Å². The van der Waals surface area contributed by atoms with E-state index in [2.05, 4.69) is 17.4 Å². The highest BCUT2D eigenvalue weighted by Crippen LogP contribution is 2.03. The van der Waals surface area contributed by atoms with Crippen molar-refractivity contribution in [2.45, 2.75) is 32.4 Å². The molecule has 1 rings (SSSR count). The SMILES string of the molecule is CCCC(N)N1CCCN1. The molecule has 1 unspecified atom stereocenters. The van der Waals surface area contributed by atoms with E-state index in [1.165, 1.54) is 12.8 Å². The smallest absolute Gasteiger partial charge is 0.0707 e. The van der Waals surface area contributed by atoms with Crippen LogP contribution >= 0.6 is 0 Å². The number of hydrogen-bond acceptors (Lipinski definition) is 3. The molecule has 1 heterocycles. The zero-order valence-electron chi connectivity index (χ0n) is 6.64. The maximum atomic E-state index is 5.85. The van der Waals surface area contributed by atoms with Gasteiger partial charge in [0, 0.05) is 13.1 Å². The molecule has 1 fully saturated rings. The van der Waals surface area contributed by atoms with Crippen LogP contribution in [0, 0.1) is 0 Å². The Bertz CT molecular complexity index is 88.9. The number of rotatable bonds is 3. The molecule has 1 aliphatic rings. The van der Waals surface area contributed by atoms with Gasteiger partial charge in [-0.15, -0.1) is 0 Å². The average Bonchev–Trinajstić information content (AvgIpc) is 2.38. The lowest BCUT2D eigenvalue weighted by Gasteiger charge is -2.22. The fourth-order valence-electron chi connectivity index (χ4n) is 1.29. The Morgan fingerprint density at radius 1 is 1.70 bits per heavy atom. The van der Waals surface area contributed by atoms with E-state index in [1.54, 1.807) is 0 Å². The minimum atomic E-state index is 0.229. The standard InChI is InChI=1S/C7H17N3/c1-2-4-7(8)10-6-3-5-9-10/h7,9H,2-6,8H2,1H3. The third-order valence-corrected chi connectivity index (χ3v) is 1.88.